The van der Waals surface area contributed by atoms with Crippen molar-refractivity contribution < 1.29 is 4.79 Å². The van der Waals surface area contributed by atoms with Crippen LogP contribution in [0.5, 0.6) is 0 Å². The number of para-hydroxylation sites is 1. The van der Waals surface area contributed by atoms with E-state index in [-0.39, 0.29) is 11.9 Å². The van der Waals surface area contributed by atoms with E-state index in [2.05, 4.69) is 22.9 Å². The molecule has 2 N–H and O–H groups in total. The van der Waals surface area contributed by atoms with Gasteiger partial charge >= 0.3 is 0 Å². The Labute approximate surface area is 126 Å². The number of rotatable bonds is 3. The van der Waals surface area contributed by atoms with E-state index in [1.165, 1.54) is 5.56 Å². The Morgan fingerprint density at radius 3 is 2.90 bits per heavy atom. The van der Waals surface area contributed by atoms with Crippen LogP contribution in [-0.4, -0.2) is 68.1 Å². The SMILES string of the molecule is CN1CCN(CC(=O)N2CCc3ccccc32)C(CN)C1. The maximum Gasteiger partial charge on any atom is 0.241 e. The summed E-state index contributed by atoms with van der Waals surface area (Å²) in [5, 5.41) is 0. The largest absolute Gasteiger partial charge is 0.329 e. The zero-order valence-electron chi connectivity index (χ0n) is 12.7. The second kappa shape index (κ2) is 6.13. The van der Waals surface area contributed by atoms with Crippen LogP contribution in [0, 0.1) is 0 Å². The minimum atomic E-state index is 0.197. The van der Waals surface area contributed by atoms with Crippen molar-refractivity contribution in [1.29, 1.82) is 0 Å². The fraction of sp³-hybridized carbons (Fsp3) is 0.562. The molecule has 0 aromatic heterocycles. The van der Waals surface area contributed by atoms with Crippen molar-refractivity contribution in [2.24, 2.45) is 5.73 Å². The molecule has 5 nitrogen and oxygen atoms in total. The number of nitrogens with zero attached hydrogens (tertiary/aromatic N) is 3. The molecule has 2 heterocycles. The zero-order chi connectivity index (χ0) is 14.8. The summed E-state index contributed by atoms with van der Waals surface area (Å²) in [6, 6.07) is 8.48. The highest BCUT2D eigenvalue weighted by Gasteiger charge is 2.30. The van der Waals surface area contributed by atoms with Gasteiger partial charge in [-0.25, -0.2) is 0 Å². The summed E-state index contributed by atoms with van der Waals surface area (Å²) in [7, 11) is 2.11. The molecule has 1 aromatic carbocycles. The number of piperazine rings is 1. The number of amides is 1. The van der Waals surface area contributed by atoms with Crippen LogP contribution in [0.1, 0.15) is 5.56 Å². The monoisotopic (exact) mass is 288 g/mol. The van der Waals surface area contributed by atoms with Crippen LogP contribution in [0.25, 0.3) is 0 Å². The van der Waals surface area contributed by atoms with Crippen molar-refractivity contribution in [3.05, 3.63) is 29.8 Å². The third-order valence-electron chi connectivity index (χ3n) is 4.61. The van der Waals surface area contributed by atoms with Gasteiger partial charge in [0.25, 0.3) is 0 Å². The average Bonchev–Trinajstić information content (AvgIpc) is 2.93. The summed E-state index contributed by atoms with van der Waals surface area (Å²) in [4.78, 5) is 19.1. The number of anilines is 1. The Kier molecular flexibility index (Phi) is 4.24. The molecule has 2 aliphatic heterocycles. The fourth-order valence-electron chi connectivity index (χ4n) is 3.34. The summed E-state index contributed by atoms with van der Waals surface area (Å²) in [5.41, 5.74) is 8.23. The molecule has 2 aliphatic rings. The minimum Gasteiger partial charge on any atom is -0.329 e. The van der Waals surface area contributed by atoms with Gasteiger partial charge in [0.1, 0.15) is 0 Å². The molecule has 0 bridgehead atoms. The van der Waals surface area contributed by atoms with E-state index < -0.39 is 0 Å². The summed E-state index contributed by atoms with van der Waals surface area (Å²) in [5.74, 6) is 0.197. The lowest BCUT2D eigenvalue weighted by Crippen LogP contribution is -2.57. The molecule has 0 spiro atoms. The number of benzene rings is 1. The maximum absolute atomic E-state index is 12.6. The third-order valence-corrected chi connectivity index (χ3v) is 4.61. The zero-order valence-corrected chi connectivity index (χ0v) is 12.7. The van der Waals surface area contributed by atoms with Crippen molar-refractivity contribution in [2.45, 2.75) is 12.5 Å². The van der Waals surface area contributed by atoms with Crippen molar-refractivity contribution in [3.63, 3.8) is 0 Å². The molecule has 1 aromatic rings. The Balaban J connectivity index is 1.67. The Hall–Kier alpha value is -1.43. The maximum atomic E-state index is 12.6. The van der Waals surface area contributed by atoms with Crippen LogP contribution in [0.2, 0.25) is 0 Å². The van der Waals surface area contributed by atoms with Crippen LogP contribution >= 0.6 is 0 Å². The standard InChI is InChI=1S/C16H24N4O/c1-18-8-9-19(14(10-17)11-18)12-16(21)20-7-6-13-4-2-3-5-15(13)20/h2-5,14H,6-12,17H2,1H3. The van der Waals surface area contributed by atoms with E-state index in [1.807, 2.05) is 23.1 Å². The van der Waals surface area contributed by atoms with Crippen LogP contribution in [0.4, 0.5) is 5.69 Å². The first-order valence-corrected chi connectivity index (χ1v) is 7.70. The Morgan fingerprint density at radius 1 is 1.29 bits per heavy atom. The van der Waals surface area contributed by atoms with E-state index in [0.717, 1.165) is 38.3 Å². The number of hydrogen-bond donors (Lipinski definition) is 1. The highest BCUT2D eigenvalue weighted by molar-refractivity contribution is 5.96. The molecule has 0 aliphatic carbocycles. The molecule has 0 saturated carbocycles. The number of hydrogen-bond acceptors (Lipinski definition) is 4. The first-order valence-electron chi connectivity index (χ1n) is 7.70. The quantitative estimate of drug-likeness (QED) is 0.860. The molecule has 0 radical (unpaired) electrons. The van der Waals surface area contributed by atoms with Gasteiger partial charge in [0.2, 0.25) is 5.91 Å². The summed E-state index contributed by atoms with van der Waals surface area (Å²) in [6.07, 6.45) is 0.963. The van der Waals surface area contributed by atoms with E-state index in [1.54, 1.807) is 0 Å². The molecule has 114 valence electrons. The van der Waals surface area contributed by atoms with E-state index in [9.17, 15) is 4.79 Å². The van der Waals surface area contributed by atoms with Crippen molar-refractivity contribution in [2.75, 3.05) is 51.2 Å². The van der Waals surface area contributed by atoms with Gasteiger partial charge in [-0.1, -0.05) is 18.2 Å². The minimum absolute atomic E-state index is 0.197. The molecular weight excluding hydrogens is 264 g/mol. The van der Waals surface area contributed by atoms with Gasteiger partial charge < -0.3 is 15.5 Å². The number of carbonyl (C=O) groups excluding carboxylic acids is 1. The van der Waals surface area contributed by atoms with E-state index in [0.29, 0.717) is 13.1 Å². The van der Waals surface area contributed by atoms with Crippen molar-refractivity contribution in [3.8, 4) is 0 Å². The molecule has 1 atom stereocenters. The summed E-state index contributed by atoms with van der Waals surface area (Å²) < 4.78 is 0. The second-order valence-corrected chi connectivity index (χ2v) is 6.05. The van der Waals surface area contributed by atoms with Crippen molar-refractivity contribution in [1.82, 2.24) is 9.80 Å². The number of carbonyl (C=O) groups is 1. The highest BCUT2D eigenvalue weighted by atomic mass is 16.2. The van der Waals surface area contributed by atoms with Gasteiger partial charge in [0.15, 0.2) is 0 Å². The normalized spacial score (nSPS) is 23.3. The average molecular weight is 288 g/mol. The van der Waals surface area contributed by atoms with Crippen LogP contribution < -0.4 is 10.6 Å². The number of nitrogens with two attached hydrogens (primary N) is 1. The smallest absolute Gasteiger partial charge is 0.241 e. The van der Waals surface area contributed by atoms with E-state index >= 15 is 0 Å². The molecule has 5 heteroatoms. The van der Waals surface area contributed by atoms with Crippen molar-refractivity contribution >= 4 is 11.6 Å². The lowest BCUT2D eigenvalue weighted by molar-refractivity contribution is -0.120. The van der Waals surface area contributed by atoms with Crippen LogP contribution in [-0.2, 0) is 11.2 Å². The predicted octanol–water partition coefficient (Wildman–Crippen LogP) is 0.150. The molecule has 1 saturated heterocycles. The highest BCUT2D eigenvalue weighted by Crippen LogP contribution is 2.27. The van der Waals surface area contributed by atoms with Gasteiger partial charge in [0, 0.05) is 44.5 Å². The number of likely N-dealkylation sites (N-methyl/N-ethyl adjacent to an activating group) is 1. The summed E-state index contributed by atoms with van der Waals surface area (Å²) >= 11 is 0. The molecule has 1 amide bonds. The van der Waals surface area contributed by atoms with Gasteiger partial charge in [-0.3, -0.25) is 9.69 Å². The predicted molar refractivity (Wildman–Crippen MR) is 84.4 cm³/mol. The molecule has 3 rings (SSSR count). The lowest BCUT2D eigenvalue weighted by Gasteiger charge is -2.39. The van der Waals surface area contributed by atoms with Gasteiger partial charge in [0.05, 0.1) is 6.54 Å². The van der Waals surface area contributed by atoms with Gasteiger partial charge in [-0.2, -0.15) is 0 Å². The number of fused-ring (bicyclic) bond motifs is 1. The first-order chi connectivity index (χ1) is 10.2. The molecule has 1 fully saturated rings. The molecule has 1 unspecified atom stereocenters. The first kappa shape index (κ1) is 14.5. The Bertz CT molecular complexity index is 519. The van der Waals surface area contributed by atoms with Gasteiger partial charge in [-0.15, -0.1) is 0 Å². The fourth-order valence-corrected chi connectivity index (χ4v) is 3.34. The lowest BCUT2D eigenvalue weighted by atomic mass is 10.1. The van der Waals surface area contributed by atoms with Crippen LogP contribution in [0.15, 0.2) is 24.3 Å². The Morgan fingerprint density at radius 2 is 2.10 bits per heavy atom. The van der Waals surface area contributed by atoms with Gasteiger partial charge in [-0.05, 0) is 25.1 Å². The third kappa shape index (κ3) is 2.95. The molecular formula is C16H24N4O. The molecule has 21 heavy (non-hydrogen) atoms. The topological polar surface area (TPSA) is 52.8 Å². The second-order valence-electron chi connectivity index (χ2n) is 6.05. The van der Waals surface area contributed by atoms with Crippen LogP contribution in [0.3, 0.4) is 0 Å². The van der Waals surface area contributed by atoms with E-state index in [4.69, 9.17) is 5.73 Å². The summed E-state index contributed by atoms with van der Waals surface area (Å²) in [6.45, 7) is 4.75.